The van der Waals surface area contributed by atoms with Crippen molar-refractivity contribution in [2.75, 3.05) is 6.54 Å². The van der Waals surface area contributed by atoms with Gasteiger partial charge in [0.2, 0.25) is 11.8 Å². The van der Waals surface area contributed by atoms with E-state index >= 15 is 0 Å². The third kappa shape index (κ3) is 3.92. The first-order chi connectivity index (χ1) is 12.5. The fourth-order valence-electron chi connectivity index (χ4n) is 3.79. The Morgan fingerprint density at radius 2 is 2.08 bits per heavy atom. The van der Waals surface area contributed by atoms with E-state index in [-0.39, 0.29) is 23.8 Å². The number of likely N-dealkylation sites (tertiary alicyclic amines) is 1. The van der Waals surface area contributed by atoms with Gasteiger partial charge in [-0.2, -0.15) is 0 Å². The van der Waals surface area contributed by atoms with Gasteiger partial charge in [0.25, 0.3) is 0 Å². The Morgan fingerprint density at radius 1 is 1.31 bits per heavy atom. The molecule has 0 spiro atoms. The summed E-state index contributed by atoms with van der Waals surface area (Å²) in [4.78, 5) is 30.5. The highest BCUT2D eigenvalue weighted by Crippen LogP contribution is 2.21. The Labute approximate surface area is 155 Å². The van der Waals surface area contributed by atoms with Crippen LogP contribution in [-0.4, -0.2) is 40.3 Å². The van der Waals surface area contributed by atoms with E-state index in [1.165, 1.54) is 0 Å². The number of benzene rings is 1. The maximum Gasteiger partial charge on any atom is 0.245 e. The molecule has 2 N–H and O–H groups in total. The van der Waals surface area contributed by atoms with Crippen LogP contribution in [0.4, 0.5) is 0 Å². The second-order valence-electron chi connectivity index (χ2n) is 7.67. The average molecular weight is 355 g/mol. The number of nitrogens with zero attached hydrogens (tertiary/aromatic N) is 1. The van der Waals surface area contributed by atoms with Crippen LogP contribution in [0, 0.1) is 5.92 Å². The summed E-state index contributed by atoms with van der Waals surface area (Å²) in [5.41, 5.74) is 2.22. The van der Waals surface area contributed by atoms with Crippen LogP contribution in [0.1, 0.15) is 45.6 Å². The van der Waals surface area contributed by atoms with E-state index < -0.39 is 6.04 Å². The van der Waals surface area contributed by atoms with Crippen molar-refractivity contribution in [1.29, 1.82) is 0 Å². The maximum absolute atomic E-state index is 12.8. The summed E-state index contributed by atoms with van der Waals surface area (Å²) in [7, 11) is 0. The normalized spacial score (nSPS) is 18.5. The van der Waals surface area contributed by atoms with Crippen molar-refractivity contribution >= 4 is 22.7 Å². The number of aryl methyl sites for hydroxylation is 1. The molecule has 1 aliphatic heterocycles. The minimum atomic E-state index is -0.439. The number of para-hydroxylation sites is 1. The van der Waals surface area contributed by atoms with Gasteiger partial charge < -0.3 is 15.2 Å². The van der Waals surface area contributed by atoms with Crippen molar-refractivity contribution in [3.63, 3.8) is 0 Å². The fraction of sp³-hybridized carbons (Fsp3) is 0.524. The highest BCUT2D eigenvalue weighted by Gasteiger charge is 2.33. The van der Waals surface area contributed by atoms with Crippen LogP contribution in [-0.2, 0) is 16.0 Å². The number of aromatic amines is 1. The molecular weight excluding hydrogens is 326 g/mol. The lowest BCUT2D eigenvalue weighted by molar-refractivity contribution is -0.138. The van der Waals surface area contributed by atoms with E-state index in [0.717, 1.165) is 35.9 Å². The Bertz CT molecular complexity index is 780. The van der Waals surface area contributed by atoms with Gasteiger partial charge in [0.05, 0.1) is 0 Å². The lowest BCUT2D eigenvalue weighted by Gasteiger charge is -2.29. The molecule has 2 heterocycles. The minimum absolute atomic E-state index is 0.0606. The van der Waals surface area contributed by atoms with Crippen LogP contribution in [0.25, 0.3) is 10.9 Å². The highest BCUT2D eigenvalue weighted by molar-refractivity contribution is 5.89. The molecule has 1 aromatic heterocycles. The third-order valence-electron chi connectivity index (χ3n) is 5.38. The van der Waals surface area contributed by atoms with Gasteiger partial charge in [0.1, 0.15) is 6.04 Å². The third-order valence-corrected chi connectivity index (χ3v) is 5.38. The Morgan fingerprint density at radius 3 is 2.77 bits per heavy atom. The van der Waals surface area contributed by atoms with Gasteiger partial charge in [-0.1, -0.05) is 32.0 Å². The van der Waals surface area contributed by atoms with E-state index in [1.807, 2.05) is 43.1 Å². The van der Waals surface area contributed by atoms with Gasteiger partial charge in [-0.25, -0.2) is 0 Å². The molecule has 0 saturated carbocycles. The second-order valence-corrected chi connectivity index (χ2v) is 7.67. The Hall–Kier alpha value is -2.30. The number of aromatic nitrogens is 1. The first kappa shape index (κ1) is 18.5. The smallest absolute Gasteiger partial charge is 0.245 e. The monoisotopic (exact) mass is 355 g/mol. The Balaban J connectivity index is 1.60. The Kier molecular flexibility index (Phi) is 5.64. The predicted molar refractivity (Wildman–Crippen MR) is 104 cm³/mol. The number of carbonyl (C=O) groups excluding carboxylic acids is 2. The van der Waals surface area contributed by atoms with E-state index in [2.05, 4.69) is 23.3 Å². The lowest BCUT2D eigenvalue weighted by Crippen LogP contribution is -2.52. The molecule has 5 nitrogen and oxygen atoms in total. The number of amides is 2. The van der Waals surface area contributed by atoms with Gasteiger partial charge in [0, 0.05) is 36.1 Å². The summed E-state index contributed by atoms with van der Waals surface area (Å²) in [6.07, 6.45) is 5.11. The van der Waals surface area contributed by atoms with Gasteiger partial charge in [-0.3, -0.25) is 9.59 Å². The quantitative estimate of drug-likeness (QED) is 0.835. The SMILES string of the molecule is CC(C)C(NC(=O)CCc1c[nH]c2ccccc12)C(=O)N1CCCC1C. The summed E-state index contributed by atoms with van der Waals surface area (Å²) >= 11 is 0. The van der Waals surface area contributed by atoms with Crippen LogP contribution in [0.3, 0.4) is 0 Å². The van der Waals surface area contributed by atoms with Crippen molar-refractivity contribution in [3.8, 4) is 0 Å². The predicted octanol–water partition coefficient (Wildman–Crippen LogP) is 3.25. The van der Waals surface area contributed by atoms with Crippen molar-refractivity contribution in [2.45, 2.75) is 58.5 Å². The van der Waals surface area contributed by atoms with Crippen LogP contribution in [0.2, 0.25) is 0 Å². The molecule has 1 aromatic carbocycles. The minimum Gasteiger partial charge on any atom is -0.361 e. The molecule has 0 bridgehead atoms. The number of hydrogen-bond donors (Lipinski definition) is 2. The van der Waals surface area contributed by atoms with E-state index in [1.54, 1.807) is 0 Å². The van der Waals surface area contributed by atoms with Gasteiger partial charge in [-0.05, 0) is 43.7 Å². The van der Waals surface area contributed by atoms with Crippen molar-refractivity contribution in [3.05, 3.63) is 36.0 Å². The van der Waals surface area contributed by atoms with Crippen LogP contribution >= 0.6 is 0 Å². The van der Waals surface area contributed by atoms with E-state index in [9.17, 15) is 9.59 Å². The van der Waals surface area contributed by atoms with E-state index in [4.69, 9.17) is 0 Å². The molecule has 2 unspecified atom stereocenters. The van der Waals surface area contributed by atoms with Crippen LogP contribution in [0.5, 0.6) is 0 Å². The molecule has 2 atom stereocenters. The molecule has 0 radical (unpaired) electrons. The standard InChI is InChI=1S/C21H29N3O2/c1-14(2)20(21(26)24-12-6-7-15(24)3)23-19(25)11-10-16-13-22-18-9-5-4-8-17(16)18/h4-5,8-9,13-15,20,22H,6-7,10-12H2,1-3H3,(H,23,25). The number of rotatable bonds is 6. The van der Waals surface area contributed by atoms with Gasteiger partial charge in [0.15, 0.2) is 0 Å². The van der Waals surface area contributed by atoms with Crippen molar-refractivity contribution in [2.24, 2.45) is 5.92 Å². The molecule has 140 valence electrons. The number of hydrogen-bond acceptors (Lipinski definition) is 2. The molecule has 5 heteroatoms. The molecule has 3 rings (SSSR count). The molecule has 0 aliphatic carbocycles. The lowest BCUT2D eigenvalue weighted by atomic mass is 10.0. The first-order valence-electron chi connectivity index (χ1n) is 9.62. The first-order valence-corrected chi connectivity index (χ1v) is 9.62. The summed E-state index contributed by atoms with van der Waals surface area (Å²) < 4.78 is 0. The fourth-order valence-corrected chi connectivity index (χ4v) is 3.79. The summed E-state index contributed by atoms with van der Waals surface area (Å²) in [6, 6.07) is 7.92. The molecule has 26 heavy (non-hydrogen) atoms. The average Bonchev–Trinajstić information content (AvgIpc) is 3.23. The van der Waals surface area contributed by atoms with Crippen LogP contribution < -0.4 is 5.32 Å². The summed E-state index contributed by atoms with van der Waals surface area (Å²) in [5, 5.41) is 4.14. The molecule has 1 aliphatic rings. The zero-order valence-corrected chi connectivity index (χ0v) is 15.9. The molecule has 1 fully saturated rings. The van der Waals surface area contributed by atoms with Crippen LogP contribution in [0.15, 0.2) is 30.5 Å². The highest BCUT2D eigenvalue weighted by atomic mass is 16.2. The number of carbonyl (C=O) groups is 2. The van der Waals surface area contributed by atoms with E-state index in [0.29, 0.717) is 12.8 Å². The van der Waals surface area contributed by atoms with Crippen molar-refractivity contribution < 1.29 is 9.59 Å². The molecule has 2 aromatic rings. The number of nitrogens with one attached hydrogen (secondary N) is 2. The summed E-state index contributed by atoms with van der Waals surface area (Å²) in [5.74, 6) is 0.0759. The number of fused-ring (bicyclic) bond motifs is 1. The topological polar surface area (TPSA) is 65.2 Å². The number of H-pyrrole nitrogens is 1. The molecular formula is C21H29N3O2. The second kappa shape index (κ2) is 7.94. The van der Waals surface area contributed by atoms with Gasteiger partial charge >= 0.3 is 0 Å². The molecule has 1 saturated heterocycles. The largest absolute Gasteiger partial charge is 0.361 e. The summed E-state index contributed by atoms with van der Waals surface area (Å²) in [6.45, 7) is 6.86. The zero-order valence-electron chi connectivity index (χ0n) is 15.9. The maximum atomic E-state index is 12.8. The molecule has 2 amide bonds. The van der Waals surface area contributed by atoms with Crippen molar-refractivity contribution in [1.82, 2.24) is 15.2 Å². The van der Waals surface area contributed by atoms with Gasteiger partial charge in [-0.15, -0.1) is 0 Å². The zero-order chi connectivity index (χ0) is 18.7.